The summed E-state index contributed by atoms with van der Waals surface area (Å²) in [7, 11) is 1.54. The van der Waals surface area contributed by atoms with E-state index >= 15 is 0 Å². The van der Waals surface area contributed by atoms with E-state index in [1.807, 2.05) is 0 Å². The Hall–Kier alpha value is -2.81. The molecular weight excluding hydrogens is 382 g/mol. The fraction of sp³-hybridized carbons (Fsp3) is 0.450. The Morgan fingerprint density at radius 1 is 1.28 bits per heavy atom. The van der Waals surface area contributed by atoms with Crippen molar-refractivity contribution in [3.8, 4) is 11.3 Å². The Bertz CT molecular complexity index is 820. The number of piperidine rings is 1. The third-order valence-corrected chi connectivity index (χ3v) is 4.79. The summed E-state index contributed by atoms with van der Waals surface area (Å²) in [4.78, 5) is 22.3. The molecule has 0 aliphatic carbocycles. The van der Waals surface area contributed by atoms with Gasteiger partial charge in [-0.15, -0.1) is 0 Å². The lowest BCUT2D eigenvalue weighted by molar-refractivity contribution is 0.0956. The zero-order valence-corrected chi connectivity index (χ0v) is 16.2. The summed E-state index contributed by atoms with van der Waals surface area (Å²) in [6.07, 6.45) is -0.174. The molecule has 1 aliphatic rings. The van der Waals surface area contributed by atoms with Crippen LogP contribution in [0.5, 0.6) is 0 Å². The lowest BCUT2D eigenvalue weighted by Gasteiger charge is -2.33. The highest BCUT2D eigenvalue weighted by atomic mass is 19.3. The summed E-state index contributed by atoms with van der Waals surface area (Å²) in [5.41, 5.74) is 0.821. The Balaban J connectivity index is 0.00000320. The van der Waals surface area contributed by atoms with Crippen molar-refractivity contribution >= 4 is 11.9 Å². The van der Waals surface area contributed by atoms with Crippen molar-refractivity contribution < 1.29 is 24.5 Å². The number of halogens is 2. The molecule has 2 heterocycles. The molecule has 158 valence electrons. The quantitative estimate of drug-likeness (QED) is 0.705. The number of carbonyl (C=O) groups is 1. The van der Waals surface area contributed by atoms with E-state index in [2.05, 4.69) is 20.2 Å². The number of amides is 1. The van der Waals surface area contributed by atoms with E-state index in [-0.39, 0.29) is 19.6 Å². The lowest BCUT2D eigenvalue weighted by atomic mass is 10.0. The Kier molecular flexibility index (Phi) is 7.29. The van der Waals surface area contributed by atoms with E-state index in [4.69, 9.17) is 9.47 Å². The van der Waals surface area contributed by atoms with Gasteiger partial charge in [-0.25, -0.2) is 23.5 Å². The van der Waals surface area contributed by atoms with Gasteiger partial charge in [0.05, 0.1) is 12.3 Å². The SMILES string of the molecule is COCCOC(=O)NC1CCN(c2cc(-c3ccccc3C(F)F)ncn2)CC1.[HH]. The minimum absolute atomic E-state index is 0. The number of alkyl carbamates (subject to hydrolysis) is 1. The van der Waals surface area contributed by atoms with Crippen molar-refractivity contribution in [2.45, 2.75) is 25.3 Å². The van der Waals surface area contributed by atoms with E-state index in [1.165, 1.54) is 12.4 Å². The fourth-order valence-corrected chi connectivity index (χ4v) is 3.27. The number of methoxy groups -OCH3 is 1. The molecule has 1 aromatic carbocycles. The van der Waals surface area contributed by atoms with Crippen LogP contribution in [0.25, 0.3) is 11.3 Å². The van der Waals surface area contributed by atoms with Crippen LogP contribution in [0.1, 0.15) is 26.3 Å². The molecule has 9 heteroatoms. The Morgan fingerprint density at radius 2 is 2.03 bits per heavy atom. The van der Waals surface area contributed by atoms with Gasteiger partial charge in [0.1, 0.15) is 18.8 Å². The van der Waals surface area contributed by atoms with Gasteiger partial charge in [-0.05, 0) is 12.8 Å². The van der Waals surface area contributed by atoms with E-state index in [9.17, 15) is 13.6 Å². The number of carbonyl (C=O) groups excluding carboxylic acids is 1. The molecule has 1 saturated heterocycles. The largest absolute Gasteiger partial charge is 0.447 e. The van der Waals surface area contributed by atoms with Crippen LogP contribution in [0.15, 0.2) is 36.7 Å². The van der Waals surface area contributed by atoms with Crippen LogP contribution in [0.3, 0.4) is 0 Å². The summed E-state index contributed by atoms with van der Waals surface area (Å²) < 4.78 is 36.5. The van der Waals surface area contributed by atoms with Crippen molar-refractivity contribution in [1.82, 2.24) is 15.3 Å². The third kappa shape index (κ3) is 5.60. The van der Waals surface area contributed by atoms with Crippen LogP contribution in [0, 0.1) is 0 Å². The number of nitrogens with zero attached hydrogens (tertiary/aromatic N) is 3. The first-order valence-corrected chi connectivity index (χ1v) is 9.45. The van der Waals surface area contributed by atoms with Gasteiger partial charge in [0.2, 0.25) is 0 Å². The topological polar surface area (TPSA) is 76.6 Å². The minimum atomic E-state index is -2.57. The second kappa shape index (κ2) is 10.1. The number of alkyl halides is 2. The smallest absolute Gasteiger partial charge is 0.407 e. The number of ether oxygens (including phenoxy) is 2. The highest BCUT2D eigenvalue weighted by Crippen LogP contribution is 2.31. The van der Waals surface area contributed by atoms with Crippen LogP contribution < -0.4 is 10.2 Å². The lowest BCUT2D eigenvalue weighted by Crippen LogP contribution is -2.45. The predicted octanol–water partition coefficient (Wildman–Crippen LogP) is 3.67. The molecule has 29 heavy (non-hydrogen) atoms. The van der Waals surface area contributed by atoms with E-state index in [1.54, 1.807) is 31.4 Å². The average molecular weight is 408 g/mol. The van der Waals surface area contributed by atoms with Crippen LogP contribution >= 0.6 is 0 Å². The third-order valence-electron chi connectivity index (χ3n) is 4.79. The number of rotatable bonds is 7. The fourth-order valence-electron chi connectivity index (χ4n) is 3.27. The summed E-state index contributed by atoms with van der Waals surface area (Å²) in [6.45, 7) is 1.92. The van der Waals surface area contributed by atoms with Gasteiger partial charge in [0.25, 0.3) is 6.43 Å². The normalized spacial score (nSPS) is 14.8. The number of benzene rings is 1. The maximum atomic E-state index is 13.3. The zero-order chi connectivity index (χ0) is 20.6. The van der Waals surface area contributed by atoms with Crippen molar-refractivity contribution in [1.29, 1.82) is 0 Å². The molecule has 0 saturated carbocycles. The molecule has 1 fully saturated rings. The number of nitrogens with one attached hydrogen (secondary N) is 1. The van der Waals surface area contributed by atoms with Crippen LogP contribution in [-0.2, 0) is 9.47 Å². The van der Waals surface area contributed by atoms with Gasteiger partial charge in [-0.2, -0.15) is 0 Å². The number of aromatic nitrogens is 2. The minimum Gasteiger partial charge on any atom is -0.447 e. The van der Waals surface area contributed by atoms with Crippen LogP contribution in [0.4, 0.5) is 19.4 Å². The molecule has 0 unspecified atom stereocenters. The van der Waals surface area contributed by atoms with E-state index in [0.29, 0.717) is 36.8 Å². The molecule has 1 aliphatic heterocycles. The molecule has 1 N–H and O–H groups in total. The molecule has 2 aromatic rings. The van der Waals surface area contributed by atoms with Gasteiger partial charge in [0, 0.05) is 44.9 Å². The molecule has 7 nitrogen and oxygen atoms in total. The molecule has 1 aromatic heterocycles. The molecule has 0 atom stereocenters. The first-order valence-electron chi connectivity index (χ1n) is 9.45. The van der Waals surface area contributed by atoms with Gasteiger partial charge in [0.15, 0.2) is 0 Å². The number of hydrogen-bond donors (Lipinski definition) is 1. The van der Waals surface area contributed by atoms with E-state index in [0.717, 1.165) is 12.8 Å². The predicted molar refractivity (Wildman–Crippen MR) is 106 cm³/mol. The maximum Gasteiger partial charge on any atom is 0.407 e. The number of anilines is 1. The molecule has 0 bridgehead atoms. The highest BCUT2D eigenvalue weighted by Gasteiger charge is 2.23. The van der Waals surface area contributed by atoms with E-state index < -0.39 is 12.5 Å². The Labute approximate surface area is 169 Å². The monoisotopic (exact) mass is 408 g/mol. The summed E-state index contributed by atoms with van der Waals surface area (Å²) in [6, 6.07) is 8.09. The van der Waals surface area contributed by atoms with Gasteiger partial charge >= 0.3 is 6.09 Å². The first-order chi connectivity index (χ1) is 14.1. The highest BCUT2D eigenvalue weighted by molar-refractivity contribution is 5.68. The second-order valence-corrected chi connectivity index (χ2v) is 6.68. The molecule has 0 radical (unpaired) electrons. The summed E-state index contributed by atoms with van der Waals surface area (Å²) in [5, 5.41) is 2.85. The first kappa shape index (κ1) is 20.9. The van der Waals surface area contributed by atoms with Gasteiger partial charge in [-0.1, -0.05) is 24.3 Å². The molecule has 0 spiro atoms. The molecule has 3 rings (SSSR count). The van der Waals surface area contributed by atoms with Crippen LogP contribution in [-0.4, -0.2) is 55.5 Å². The summed E-state index contributed by atoms with van der Waals surface area (Å²) >= 11 is 0. The van der Waals surface area contributed by atoms with Crippen molar-refractivity contribution in [3.63, 3.8) is 0 Å². The van der Waals surface area contributed by atoms with Gasteiger partial charge in [-0.3, -0.25) is 0 Å². The van der Waals surface area contributed by atoms with Crippen molar-refractivity contribution in [2.75, 3.05) is 38.3 Å². The van der Waals surface area contributed by atoms with Crippen molar-refractivity contribution in [3.05, 3.63) is 42.2 Å². The average Bonchev–Trinajstić information content (AvgIpc) is 2.74. The maximum absolute atomic E-state index is 13.3. The summed E-state index contributed by atoms with van der Waals surface area (Å²) in [5.74, 6) is 0.681. The Morgan fingerprint density at radius 3 is 2.76 bits per heavy atom. The molecular formula is C20H26F2N4O3. The van der Waals surface area contributed by atoms with Gasteiger partial charge < -0.3 is 19.7 Å². The second-order valence-electron chi connectivity index (χ2n) is 6.68. The number of hydrogen-bond acceptors (Lipinski definition) is 6. The van der Waals surface area contributed by atoms with Crippen molar-refractivity contribution in [2.24, 2.45) is 0 Å². The van der Waals surface area contributed by atoms with Crippen LogP contribution in [0.2, 0.25) is 0 Å². The zero-order valence-electron chi connectivity index (χ0n) is 16.2. The standard InChI is InChI=1S/C20H24F2N4O3.H2/c1-28-10-11-29-20(27)25-14-6-8-26(9-7-14)18-12-17(23-13-24-18)15-4-2-3-5-16(15)19(21)22;/h2-5,12-14,19H,6-11H2,1H3,(H,25,27);1H. The molecule has 1 amide bonds.